The van der Waals surface area contributed by atoms with E-state index in [1.54, 1.807) is 4.90 Å². The minimum absolute atomic E-state index is 0.181. The quantitative estimate of drug-likeness (QED) is 0.838. The summed E-state index contributed by atoms with van der Waals surface area (Å²) in [6.45, 7) is 2.12. The van der Waals surface area contributed by atoms with Crippen molar-refractivity contribution in [2.24, 2.45) is 0 Å². The number of nitrogens with zero attached hydrogens (tertiary/aromatic N) is 2. The number of morpholine rings is 1. The largest absolute Gasteiger partial charge is 0.378 e. The van der Waals surface area contributed by atoms with Gasteiger partial charge >= 0.3 is 0 Å². The molecule has 0 amide bonds. The van der Waals surface area contributed by atoms with Crippen LogP contribution in [-0.4, -0.2) is 36.3 Å². The minimum atomic E-state index is -1.01. The van der Waals surface area contributed by atoms with Gasteiger partial charge in [-0.1, -0.05) is 0 Å². The Kier molecular flexibility index (Phi) is 2.90. The third-order valence-corrected chi connectivity index (χ3v) is 3.03. The molecule has 0 unspecified atom stereocenters. The number of benzene rings is 1. The highest BCUT2D eigenvalue weighted by molar-refractivity contribution is 5.75. The Morgan fingerprint density at radius 1 is 1.21 bits per heavy atom. The van der Waals surface area contributed by atoms with Crippen LogP contribution in [0.5, 0.6) is 0 Å². The number of hydrogen-bond donors (Lipinski definition) is 1. The molecule has 100 valence electrons. The van der Waals surface area contributed by atoms with Gasteiger partial charge in [-0.05, 0) is 0 Å². The number of hydrogen-bond acceptors (Lipinski definition) is 4. The summed E-state index contributed by atoms with van der Waals surface area (Å²) in [5.41, 5.74) is -0.0127. The summed E-state index contributed by atoms with van der Waals surface area (Å²) in [4.78, 5) is 20.3. The van der Waals surface area contributed by atoms with Crippen LogP contribution in [0.4, 0.5) is 14.6 Å². The second-order valence-electron chi connectivity index (χ2n) is 4.27. The maximum atomic E-state index is 13.2. The number of fused-ring (bicyclic) bond motifs is 1. The van der Waals surface area contributed by atoms with E-state index in [0.29, 0.717) is 26.3 Å². The van der Waals surface area contributed by atoms with Crippen LogP contribution < -0.4 is 10.5 Å². The molecule has 0 saturated carbocycles. The van der Waals surface area contributed by atoms with Gasteiger partial charge < -0.3 is 14.6 Å². The molecule has 1 aromatic heterocycles. The normalized spacial score (nSPS) is 16.0. The van der Waals surface area contributed by atoms with E-state index in [2.05, 4.69) is 9.97 Å². The Morgan fingerprint density at radius 3 is 2.63 bits per heavy atom. The highest BCUT2D eigenvalue weighted by Gasteiger charge is 2.17. The molecule has 3 rings (SSSR count). The topological polar surface area (TPSA) is 58.2 Å². The molecule has 0 atom stereocenters. The molecular weight excluding hydrogens is 256 g/mol. The number of rotatable bonds is 1. The molecule has 1 N–H and O–H groups in total. The summed E-state index contributed by atoms with van der Waals surface area (Å²) in [6.07, 6.45) is 0. The molecule has 0 radical (unpaired) electrons. The monoisotopic (exact) mass is 267 g/mol. The lowest BCUT2D eigenvalue weighted by Crippen LogP contribution is -2.40. The van der Waals surface area contributed by atoms with Crippen molar-refractivity contribution in [1.29, 1.82) is 0 Å². The van der Waals surface area contributed by atoms with Crippen molar-refractivity contribution in [3.63, 3.8) is 0 Å². The summed E-state index contributed by atoms with van der Waals surface area (Å²) in [6, 6.07) is 1.91. The molecule has 19 heavy (non-hydrogen) atoms. The highest BCUT2D eigenvalue weighted by Crippen LogP contribution is 2.16. The molecule has 2 heterocycles. The van der Waals surface area contributed by atoms with Gasteiger partial charge in [0.15, 0.2) is 17.5 Å². The first-order chi connectivity index (χ1) is 9.15. The van der Waals surface area contributed by atoms with Gasteiger partial charge in [-0.3, -0.25) is 4.79 Å². The zero-order valence-electron chi connectivity index (χ0n) is 9.95. The fraction of sp³-hybridized carbons (Fsp3) is 0.333. The van der Waals surface area contributed by atoms with Gasteiger partial charge in [0.05, 0.1) is 24.2 Å². The molecule has 1 aliphatic heterocycles. The summed E-state index contributed by atoms with van der Waals surface area (Å²) in [5.74, 6) is -1.79. The van der Waals surface area contributed by atoms with Crippen LogP contribution in [0.25, 0.3) is 11.0 Å². The van der Waals surface area contributed by atoms with Gasteiger partial charge in [-0.15, -0.1) is 0 Å². The maximum Gasteiger partial charge on any atom is 0.291 e. The Hall–Kier alpha value is -2.02. The molecule has 0 spiro atoms. The van der Waals surface area contributed by atoms with Gasteiger partial charge in [0.1, 0.15) is 0 Å². The first-order valence-corrected chi connectivity index (χ1v) is 5.87. The van der Waals surface area contributed by atoms with Gasteiger partial charge in [-0.2, -0.15) is 0 Å². The van der Waals surface area contributed by atoms with Crippen molar-refractivity contribution in [3.8, 4) is 0 Å². The number of aromatic nitrogens is 2. The van der Waals surface area contributed by atoms with Crippen molar-refractivity contribution in [2.45, 2.75) is 0 Å². The highest BCUT2D eigenvalue weighted by atomic mass is 19.2. The van der Waals surface area contributed by atoms with Crippen molar-refractivity contribution in [3.05, 3.63) is 34.1 Å². The van der Waals surface area contributed by atoms with Crippen LogP contribution in [-0.2, 0) is 4.74 Å². The summed E-state index contributed by atoms with van der Waals surface area (Å²) < 4.78 is 31.5. The predicted molar refractivity (Wildman–Crippen MR) is 65.3 cm³/mol. The molecular formula is C12H11F2N3O2. The smallest absolute Gasteiger partial charge is 0.291 e. The number of halogens is 2. The molecule has 7 heteroatoms. The van der Waals surface area contributed by atoms with Crippen LogP contribution in [0.15, 0.2) is 16.9 Å². The number of aromatic amines is 1. The van der Waals surface area contributed by atoms with Crippen molar-refractivity contribution in [2.75, 3.05) is 31.2 Å². The first-order valence-electron chi connectivity index (χ1n) is 5.87. The lowest BCUT2D eigenvalue weighted by atomic mass is 10.3. The van der Waals surface area contributed by atoms with Crippen LogP contribution in [0.3, 0.4) is 0 Å². The standard InChI is InChI=1S/C12H11F2N3O2/c13-7-5-9-10(6-8(7)14)16-12(18)11(15-9)17-1-3-19-4-2-17/h5-6H,1-4H2,(H,16,18). The van der Waals surface area contributed by atoms with Crippen molar-refractivity contribution in [1.82, 2.24) is 9.97 Å². The summed E-state index contributed by atoms with van der Waals surface area (Å²) in [7, 11) is 0. The van der Waals surface area contributed by atoms with Gasteiger partial charge in [-0.25, -0.2) is 13.8 Å². The number of nitrogens with one attached hydrogen (secondary N) is 1. The third-order valence-electron chi connectivity index (χ3n) is 3.03. The average molecular weight is 267 g/mol. The second-order valence-corrected chi connectivity index (χ2v) is 4.27. The number of H-pyrrole nitrogens is 1. The first kappa shape index (κ1) is 12.0. The van der Waals surface area contributed by atoms with E-state index in [4.69, 9.17) is 4.74 Å². The minimum Gasteiger partial charge on any atom is -0.378 e. The Bertz CT molecular complexity index is 680. The summed E-state index contributed by atoms with van der Waals surface area (Å²) >= 11 is 0. The molecule has 1 saturated heterocycles. The Morgan fingerprint density at radius 2 is 1.89 bits per heavy atom. The molecule has 1 aromatic carbocycles. The van der Waals surface area contributed by atoms with Crippen LogP contribution in [0.2, 0.25) is 0 Å². The van der Waals surface area contributed by atoms with Crippen molar-refractivity contribution < 1.29 is 13.5 Å². The van der Waals surface area contributed by atoms with Gasteiger partial charge in [0.2, 0.25) is 0 Å². The van der Waals surface area contributed by atoms with E-state index < -0.39 is 17.2 Å². The van der Waals surface area contributed by atoms with E-state index in [1.807, 2.05) is 0 Å². The Labute approximate surface area is 106 Å². The van der Waals surface area contributed by atoms with Crippen LogP contribution in [0.1, 0.15) is 0 Å². The van der Waals surface area contributed by atoms with E-state index >= 15 is 0 Å². The molecule has 1 aliphatic rings. The summed E-state index contributed by atoms with van der Waals surface area (Å²) in [5, 5.41) is 0. The molecule has 2 aromatic rings. The zero-order valence-corrected chi connectivity index (χ0v) is 9.95. The van der Waals surface area contributed by atoms with Gasteiger partial charge in [0.25, 0.3) is 5.56 Å². The third kappa shape index (κ3) is 2.17. The molecule has 0 bridgehead atoms. The van der Waals surface area contributed by atoms with E-state index in [0.717, 1.165) is 12.1 Å². The average Bonchev–Trinajstić information content (AvgIpc) is 2.41. The molecule has 5 nitrogen and oxygen atoms in total. The lowest BCUT2D eigenvalue weighted by molar-refractivity contribution is 0.122. The Balaban J connectivity index is 2.12. The van der Waals surface area contributed by atoms with Crippen LogP contribution >= 0.6 is 0 Å². The fourth-order valence-electron chi connectivity index (χ4n) is 2.06. The molecule has 0 aliphatic carbocycles. The number of anilines is 1. The van der Waals surface area contributed by atoms with Crippen LogP contribution in [0, 0.1) is 11.6 Å². The second kappa shape index (κ2) is 4.58. The lowest BCUT2D eigenvalue weighted by Gasteiger charge is -2.27. The van der Waals surface area contributed by atoms with Crippen molar-refractivity contribution >= 4 is 16.9 Å². The van der Waals surface area contributed by atoms with Gasteiger partial charge in [0, 0.05) is 25.2 Å². The zero-order chi connectivity index (χ0) is 13.4. The van der Waals surface area contributed by atoms with E-state index in [-0.39, 0.29) is 16.9 Å². The SMILES string of the molecule is O=c1[nH]c2cc(F)c(F)cc2nc1N1CCOCC1. The number of ether oxygens (including phenoxy) is 1. The van der Waals surface area contributed by atoms with E-state index in [9.17, 15) is 13.6 Å². The molecule has 1 fully saturated rings. The maximum absolute atomic E-state index is 13.2. The fourth-order valence-corrected chi connectivity index (χ4v) is 2.06. The predicted octanol–water partition coefficient (Wildman–Crippen LogP) is 1.04. The van der Waals surface area contributed by atoms with E-state index in [1.165, 1.54) is 0 Å².